The second-order valence-electron chi connectivity index (χ2n) is 7.35. The molecule has 1 aromatic rings. The quantitative estimate of drug-likeness (QED) is 0.877. The van der Waals surface area contributed by atoms with E-state index in [4.69, 9.17) is 11.6 Å². The normalized spacial score (nSPS) is 24.3. The predicted molar refractivity (Wildman–Crippen MR) is 99.3 cm³/mol. The largest absolute Gasteiger partial charge is 0.349 e. The van der Waals surface area contributed by atoms with Crippen LogP contribution in [0.5, 0.6) is 0 Å². The summed E-state index contributed by atoms with van der Waals surface area (Å²) in [6.45, 7) is 2.35. The van der Waals surface area contributed by atoms with Gasteiger partial charge in [-0.15, -0.1) is 0 Å². The summed E-state index contributed by atoms with van der Waals surface area (Å²) in [6.07, 6.45) is 7.55. The Balaban J connectivity index is 1.72. The number of nitrogens with zero attached hydrogens (tertiary/aromatic N) is 1. The first-order valence-electron chi connectivity index (χ1n) is 9.36. The van der Waals surface area contributed by atoms with Gasteiger partial charge in [0.2, 0.25) is 11.8 Å². The van der Waals surface area contributed by atoms with Crippen molar-refractivity contribution in [2.45, 2.75) is 64.0 Å². The Morgan fingerprint density at radius 1 is 1.16 bits per heavy atom. The first-order valence-corrected chi connectivity index (χ1v) is 9.74. The highest BCUT2D eigenvalue weighted by Gasteiger charge is 2.36. The Hall–Kier alpha value is -1.55. The predicted octanol–water partition coefficient (Wildman–Crippen LogP) is 4.09. The highest BCUT2D eigenvalue weighted by atomic mass is 35.5. The van der Waals surface area contributed by atoms with Gasteiger partial charge in [-0.05, 0) is 49.3 Å². The molecule has 0 radical (unpaired) electrons. The molecule has 0 bridgehead atoms. The molecule has 1 saturated heterocycles. The van der Waals surface area contributed by atoms with Crippen molar-refractivity contribution in [1.82, 2.24) is 10.2 Å². The highest BCUT2D eigenvalue weighted by molar-refractivity contribution is 6.30. The molecule has 1 N–H and O–H groups in total. The van der Waals surface area contributed by atoms with Crippen LogP contribution in [0.15, 0.2) is 24.3 Å². The van der Waals surface area contributed by atoms with Crippen LogP contribution in [0.25, 0.3) is 0 Å². The molecular weight excluding hydrogens is 336 g/mol. The van der Waals surface area contributed by atoms with E-state index in [-0.39, 0.29) is 17.9 Å². The summed E-state index contributed by atoms with van der Waals surface area (Å²) in [4.78, 5) is 26.7. The first kappa shape index (κ1) is 18.2. The number of amides is 2. The number of hydrogen-bond donors (Lipinski definition) is 1. The van der Waals surface area contributed by atoms with Gasteiger partial charge in [0.1, 0.15) is 0 Å². The number of rotatable bonds is 4. The van der Waals surface area contributed by atoms with Gasteiger partial charge in [-0.25, -0.2) is 0 Å². The topological polar surface area (TPSA) is 49.4 Å². The van der Waals surface area contributed by atoms with Crippen molar-refractivity contribution in [3.05, 3.63) is 34.9 Å². The van der Waals surface area contributed by atoms with Crippen LogP contribution in [0, 0.1) is 5.92 Å². The molecule has 5 heteroatoms. The lowest BCUT2D eigenvalue weighted by Gasteiger charge is -2.44. The van der Waals surface area contributed by atoms with Gasteiger partial charge >= 0.3 is 0 Å². The molecule has 2 amide bonds. The summed E-state index contributed by atoms with van der Waals surface area (Å²) in [7, 11) is 0. The smallest absolute Gasteiger partial charge is 0.225 e. The van der Waals surface area contributed by atoms with Crippen LogP contribution in [-0.4, -0.2) is 29.3 Å². The standard InChI is InChI=1S/C20H27ClN2O2/c1-14(24)22-18(15-8-10-17(21)11-9-15)13-20(25)23-12-4-6-16-5-2-3-7-19(16)23/h8-11,16,18-19H,2-7,12-13H2,1H3,(H,22,24). The molecule has 0 spiro atoms. The van der Waals surface area contributed by atoms with E-state index < -0.39 is 0 Å². The molecule has 136 valence electrons. The van der Waals surface area contributed by atoms with E-state index >= 15 is 0 Å². The zero-order valence-corrected chi connectivity index (χ0v) is 15.6. The lowest BCUT2D eigenvalue weighted by molar-refractivity contribution is -0.138. The number of nitrogens with one attached hydrogen (secondary N) is 1. The van der Waals surface area contributed by atoms with Crippen LogP contribution < -0.4 is 5.32 Å². The summed E-state index contributed by atoms with van der Waals surface area (Å²) in [6, 6.07) is 7.47. The van der Waals surface area contributed by atoms with E-state index in [1.807, 2.05) is 12.1 Å². The molecule has 2 fully saturated rings. The molecule has 1 heterocycles. The monoisotopic (exact) mass is 362 g/mol. The fraction of sp³-hybridized carbons (Fsp3) is 0.600. The highest BCUT2D eigenvalue weighted by Crippen LogP contribution is 2.36. The van der Waals surface area contributed by atoms with Crippen molar-refractivity contribution < 1.29 is 9.59 Å². The van der Waals surface area contributed by atoms with Crippen LogP contribution in [0.1, 0.15) is 63.5 Å². The summed E-state index contributed by atoms with van der Waals surface area (Å²) in [5.74, 6) is 0.702. The molecule has 1 aromatic carbocycles. The Morgan fingerprint density at radius 2 is 1.84 bits per heavy atom. The number of benzene rings is 1. The van der Waals surface area contributed by atoms with E-state index in [0.717, 1.165) is 24.9 Å². The van der Waals surface area contributed by atoms with Crippen LogP contribution >= 0.6 is 11.6 Å². The van der Waals surface area contributed by atoms with E-state index in [9.17, 15) is 9.59 Å². The molecule has 1 saturated carbocycles. The van der Waals surface area contributed by atoms with Crippen LogP contribution in [0.4, 0.5) is 0 Å². The van der Waals surface area contributed by atoms with Gasteiger partial charge in [0.25, 0.3) is 0 Å². The molecule has 25 heavy (non-hydrogen) atoms. The SMILES string of the molecule is CC(=O)NC(CC(=O)N1CCCC2CCCCC21)c1ccc(Cl)cc1. The summed E-state index contributed by atoms with van der Waals surface area (Å²) < 4.78 is 0. The average Bonchev–Trinajstić information content (AvgIpc) is 2.61. The Bertz CT molecular complexity index is 615. The zero-order chi connectivity index (χ0) is 17.8. The minimum atomic E-state index is -0.300. The van der Waals surface area contributed by atoms with E-state index in [0.29, 0.717) is 23.4 Å². The Morgan fingerprint density at radius 3 is 2.56 bits per heavy atom. The fourth-order valence-corrected chi connectivity index (χ4v) is 4.54. The van der Waals surface area contributed by atoms with Crippen molar-refractivity contribution in [2.24, 2.45) is 5.92 Å². The third kappa shape index (κ3) is 4.55. The van der Waals surface area contributed by atoms with E-state index in [1.54, 1.807) is 12.1 Å². The maximum absolute atomic E-state index is 13.0. The number of fused-ring (bicyclic) bond motifs is 1. The average molecular weight is 363 g/mol. The summed E-state index contributed by atoms with van der Waals surface area (Å²) >= 11 is 5.96. The lowest BCUT2D eigenvalue weighted by Crippen LogP contribution is -2.50. The molecule has 3 atom stereocenters. The van der Waals surface area contributed by atoms with Crippen LogP contribution in [-0.2, 0) is 9.59 Å². The van der Waals surface area contributed by atoms with Gasteiger partial charge in [0.05, 0.1) is 12.5 Å². The number of hydrogen-bond acceptors (Lipinski definition) is 2. The Kier molecular flexibility index (Phi) is 6.00. The van der Waals surface area contributed by atoms with Crippen molar-refractivity contribution in [2.75, 3.05) is 6.54 Å². The molecule has 0 aromatic heterocycles. The van der Waals surface area contributed by atoms with Crippen molar-refractivity contribution in [3.63, 3.8) is 0 Å². The van der Waals surface area contributed by atoms with Gasteiger partial charge in [0, 0.05) is 24.5 Å². The Labute approximate surface area is 154 Å². The molecule has 1 aliphatic carbocycles. The maximum atomic E-state index is 13.0. The number of carbonyl (C=O) groups excluding carboxylic acids is 2. The van der Waals surface area contributed by atoms with Gasteiger partial charge in [-0.1, -0.05) is 36.6 Å². The van der Waals surface area contributed by atoms with Gasteiger partial charge in [-0.3, -0.25) is 9.59 Å². The third-order valence-electron chi connectivity index (χ3n) is 5.59. The molecule has 3 unspecified atom stereocenters. The molecular formula is C20H27ClN2O2. The van der Waals surface area contributed by atoms with Gasteiger partial charge < -0.3 is 10.2 Å². The number of halogens is 1. The second-order valence-corrected chi connectivity index (χ2v) is 7.79. The van der Waals surface area contributed by atoms with Crippen molar-refractivity contribution in [3.8, 4) is 0 Å². The minimum absolute atomic E-state index is 0.123. The third-order valence-corrected chi connectivity index (χ3v) is 5.84. The molecule has 2 aliphatic rings. The van der Waals surface area contributed by atoms with Crippen LogP contribution in [0.2, 0.25) is 5.02 Å². The van der Waals surface area contributed by atoms with Gasteiger partial charge in [0.15, 0.2) is 0 Å². The summed E-state index contributed by atoms with van der Waals surface area (Å²) in [5.41, 5.74) is 0.921. The number of carbonyl (C=O) groups is 2. The van der Waals surface area contributed by atoms with Crippen molar-refractivity contribution in [1.29, 1.82) is 0 Å². The van der Waals surface area contributed by atoms with Gasteiger partial charge in [-0.2, -0.15) is 0 Å². The lowest BCUT2D eigenvalue weighted by atomic mass is 9.78. The minimum Gasteiger partial charge on any atom is -0.349 e. The molecule has 3 rings (SSSR count). The number of piperidine rings is 1. The second kappa shape index (κ2) is 8.22. The summed E-state index contributed by atoms with van der Waals surface area (Å²) in [5, 5.41) is 3.58. The fourth-order valence-electron chi connectivity index (χ4n) is 4.42. The molecule has 4 nitrogen and oxygen atoms in total. The van der Waals surface area contributed by atoms with Crippen molar-refractivity contribution >= 4 is 23.4 Å². The zero-order valence-electron chi connectivity index (χ0n) is 14.8. The number of likely N-dealkylation sites (tertiary alicyclic amines) is 1. The first-order chi connectivity index (χ1) is 12.0. The molecule has 1 aliphatic heterocycles. The van der Waals surface area contributed by atoms with E-state index in [1.165, 1.54) is 32.6 Å². The van der Waals surface area contributed by atoms with Crippen LogP contribution in [0.3, 0.4) is 0 Å². The maximum Gasteiger partial charge on any atom is 0.225 e. The van der Waals surface area contributed by atoms with E-state index in [2.05, 4.69) is 10.2 Å².